The quantitative estimate of drug-likeness (QED) is 0.769. The summed E-state index contributed by atoms with van der Waals surface area (Å²) in [5, 5.41) is 3.38. The summed E-state index contributed by atoms with van der Waals surface area (Å²) < 4.78 is 0. The van der Waals surface area contributed by atoms with Gasteiger partial charge in [0.05, 0.1) is 6.54 Å². The molecule has 1 heterocycles. The summed E-state index contributed by atoms with van der Waals surface area (Å²) in [5.74, 6) is 2.77. The first-order valence-corrected chi connectivity index (χ1v) is 12.3. The van der Waals surface area contributed by atoms with E-state index in [2.05, 4.69) is 40.5 Å². The number of benzene rings is 1. The van der Waals surface area contributed by atoms with Gasteiger partial charge in [-0.15, -0.1) is 0 Å². The Kier molecular flexibility index (Phi) is 5.95. The van der Waals surface area contributed by atoms with Crippen LogP contribution in [0.1, 0.15) is 69.3 Å². The molecule has 4 nitrogen and oxygen atoms in total. The minimum absolute atomic E-state index is 0.0818. The predicted molar refractivity (Wildman–Crippen MR) is 118 cm³/mol. The van der Waals surface area contributed by atoms with Gasteiger partial charge in [0.15, 0.2) is 0 Å². The number of carbonyl (C=O) groups is 2. The predicted octanol–water partition coefficient (Wildman–Crippen LogP) is 4.16. The van der Waals surface area contributed by atoms with Gasteiger partial charge in [-0.2, -0.15) is 0 Å². The van der Waals surface area contributed by atoms with Gasteiger partial charge in [0.25, 0.3) is 0 Å². The minimum Gasteiger partial charge on any atom is -0.351 e. The largest absolute Gasteiger partial charge is 0.351 e. The number of hydrogen-bond donors (Lipinski definition) is 1. The third-order valence-corrected chi connectivity index (χ3v) is 8.32. The number of nitrogens with one attached hydrogen (secondary N) is 1. The molecule has 0 bridgehead atoms. The van der Waals surface area contributed by atoms with Gasteiger partial charge in [-0.05, 0) is 74.9 Å². The molecular formula is C26H36N2O2. The van der Waals surface area contributed by atoms with Crippen LogP contribution in [0.4, 0.5) is 0 Å². The maximum Gasteiger partial charge on any atom is 0.234 e. The fourth-order valence-corrected chi connectivity index (χ4v) is 6.53. The highest BCUT2D eigenvalue weighted by Gasteiger charge is 2.50. The highest BCUT2D eigenvalue weighted by atomic mass is 16.2. The van der Waals surface area contributed by atoms with Gasteiger partial charge in [0, 0.05) is 17.9 Å². The molecule has 4 unspecified atom stereocenters. The molecule has 3 aliphatic carbocycles. The molecule has 162 valence electrons. The monoisotopic (exact) mass is 408 g/mol. The number of fused-ring (bicyclic) bond motifs is 1. The van der Waals surface area contributed by atoms with Crippen molar-refractivity contribution in [3.63, 3.8) is 0 Å². The molecule has 1 amide bonds. The van der Waals surface area contributed by atoms with Crippen LogP contribution in [0.5, 0.6) is 0 Å². The Morgan fingerprint density at radius 3 is 2.40 bits per heavy atom. The summed E-state index contributed by atoms with van der Waals surface area (Å²) in [6.07, 6.45) is 10.4. The van der Waals surface area contributed by atoms with E-state index in [1.54, 1.807) is 0 Å². The van der Waals surface area contributed by atoms with Crippen LogP contribution < -0.4 is 5.32 Å². The maximum atomic E-state index is 13.0. The first-order valence-electron chi connectivity index (χ1n) is 12.3. The Balaban J connectivity index is 1.16. The van der Waals surface area contributed by atoms with E-state index < -0.39 is 0 Å². The standard InChI is InChI=1S/C26H36N2O2/c29-24(17-28-14-12-19(13-15-28)18-6-2-1-3-7-18)27-25-22-9-5-4-8-21(22)16-23(25)26(30)20-10-11-20/h1-3,6-7,19-23,25H,4-5,8-17H2,(H,27,29). The van der Waals surface area contributed by atoms with Crippen molar-refractivity contribution >= 4 is 11.7 Å². The smallest absolute Gasteiger partial charge is 0.234 e. The summed E-state index contributed by atoms with van der Waals surface area (Å²) in [7, 11) is 0. The second-order valence-corrected chi connectivity index (χ2v) is 10.3. The number of carbonyl (C=O) groups excluding carboxylic acids is 2. The lowest BCUT2D eigenvalue weighted by atomic mass is 9.80. The summed E-state index contributed by atoms with van der Waals surface area (Å²) in [5.41, 5.74) is 1.43. The van der Waals surface area contributed by atoms with Crippen LogP contribution >= 0.6 is 0 Å². The van der Waals surface area contributed by atoms with E-state index in [-0.39, 0.29) is 17.9 Å². The van der Waals surface area contributed by atoms with E-state index >= 15 is 0 Å². The number of amides is 1. The molecule has 0 aromatic heterocycles. The molecule has 4 heteroatoms. The van der Waals surface area contributed by atoms with Crippen molar-refractivity contribution in [1.82, 2.24) is 10.2 Å². The molecule has 0 radical (unpaired) electrons. The molecule has 4 atom stereocenters. The number of ketones is 1. The fraction of sp³-hybridized carbons (Fsp3) is 0.692. The zero-order valence-corrected chi connectivity index (χ0v) is 18.1. The van der Waals surface area contributed by atoms with Crippen LogP contribution in [0.3, 0.4) is 0 Å². The average Bonchev–Trinajstić information content (AvgIpc) is 3.57. The van der Waals surface area contributed by atoms with E-state index in [9.17, 15) is 9.59 Å². The minimum atomic E-state index is 0.0818. The van der Waals surface area contributed by atoms with Gasteiger partial charge in [0.1, 0.15) is 5.78 Å². The van der Waals surface area contributed by atoms with Crippen LogP contribution in [0, 0.1) is 23.7 Å². The Hall–Kier alpha value is -1.68. The lowest BCUT2D eigenvalue weighted by Crippen LogP contribution is -2.49. The SMILES string of the molecule is O=C(CN1CCC(c2ccccc2)CC1)NC1C(C(=O)C2CC2)CC2CCCCC21. The molecule has 1 aromatic rings. The van der Waals surface area contributed by atoms with Gasteiger partial charge < -0.3 is 5.32 Å². The van der Waals surface area contributed by atoms with Crippen LogP contribution in [0.2, 0.25) is 0 Å². The Bertz CT molecular complexity index is 752. The number of hydrogen-bond acceptors (Lipinski definition) is 3. The first kappa shape index (κ1) is 20.2. The number of likely N-dealkylation sites (tertiary alicyclic amines) is 1. The average molecular weight is 409 g/mol. The third kappa shape index (κ3) is 4.34. The molecule has 0 spiro atoms. The molecule has 1 aromatic carbocycles. The maximum absolute atomic E-state index is 13.0. The van der Waals surface area contributed by atoms with Gasteiger partial charge in [-0.1, -0.05) is 49.6 Å². The molecule has 3 saturated carbocycles. The lowest BCUT2D eigenvalue weighted by Gasteiger charge is -2.34. The molecule has 1 aliphatic heterocycles. The van der Waals surface area contributed by atoms with E-state index in [4.69, 9.17) is 0 Å². The van der Waals surface area contributed by atoms with E-state index in [1.165, 1.54) is 31.2 Å². The number of piperidine rings is 1. The van der Waals surface area contributed by atoms with Crippen LogP contribution in [0.15, 0.2) is 30.3 Å². The van der Waals surface area contributed by atoms with Crippen LogP contribution in [-0.4, -0.2) is 42.3 Å². The molecule has 5 rings (SSSR count). The van der Waals surface area contributed by atoms with Gasteiger partial charge in [-0.3, -0.25) is 14.5 Å². The van der Waals surface area contributed by atoms with E-state index in [0.717, 1.165) is 45.2 Å². The summed E-state index contributed by atoms with van der Waals surface area (Å²) in [4.78, 5) is 28.2. The van der Waals surface area contributed by atoms with Crippen molar-refractivity contribution in [2.24, 2.45) is 23.7 Å². The molecule has 30 heavy (non-hydrogen) atoms. The molecule has 1 N–H and O–H groups in total. The van der Waals surface area contributed by atoms with Crippen molar-refractivity contribution < 1.29 is 9.59 Å². The molecule has 4 aliphatic rings. The van der Waals surface area contributed by atoms with Crippen molar-refractivity contribution in [3.8, 4) is 0 Å². The van der Waals surface area contributed by atoms with E-state index in [0.29, 0.717) is 36.0 Å². The van der Waals surface area contributed by atoms with Gasteiger partial charge in [0.2, 0.25) is 5.91 Å². The highest BCUT2D eigenvalue weighted by molar-refractivity contribution is 5.87. The van der Waals surface area contributed by atoms with Crippen molar-refractivity contribution in [2.45, 2.75) is 69.7 Å². The molecular weight excluding hydrogens is 372 g/mol. The van der Waals surface area contributed by atoms with E-state index in [1.807, 2.05) is 0 Å². The Morgan fingerprint density at radius 1 is 0.933 bits per heavy atom. The Labute approximate surface area is 180 Å². The van der Waals surface area contributed by atoms with Crippen molar-refractivity contribution in [3.05, 3.63) is 35.9 Å². The summed E-state index contributed by atoms with van der Waals surface area (Å²) >= 11 is 0. The molecule has 1 saturated heterocycles. The third-order valence-electron chi connectivity index (χ3n) is 8.32. The second-order valence-electron chi connectivity index (χ2n) is 10.3. The van der Waals surface area contributed by atoms with Crippen LogP contribution in [0.25, 0.3) is 0 Å². The normalized spacial score (nSPS) is 32.5. The summed E-state index contributed by atoms with van der Waals surface area (Å²) in [6, 6.07) is 10.9. The zero-order valence-electron chi connectivity index (χ0n) is 18.1. The highest BCUT2D eigenvalue weighted by Crippen LogP contribution is 2.48. The van der Waals surface area contributed by atoms with Gasteiger partial charge in [-0.25, -0.2) is 0 Å². The fourth-order valence-electron chi connectivity index (χ4n) is 6.53. The first-order chi connectivity index (χ1) is 14.7. The van der Waals surface area contributed by atoms with Crippen LogP contribution in [-0.2, 0) is 9.59 Å². The van der Waals surface area contributed by atoms with Crippen molar-refractivity contribution in [1.29, 1.82) is 0 Å². The lowest BCUT2D eigenvalue weighted by molar-refractivity contribution is -0.127. The number of rotatable bonds is 6. The number of Topliss-reactive ketones (excluding diaryl/α,β-unsaturated/α-hetero) is 1. The van der Waals surface area contributed by atoms with Gasteiger partial charge >= 0.3 is 0 Å². The zero-order chi connectivity index (χ0) is 20.5. The number of nitrogens with zero attached hydrogens (tertiary/aromatic N) is 1. The second kappa shape index (κ2) is 8.82. The van der Waals surface area contributed by atoms with Crippen molar-refractivity contribution in [2.75, 3.05) is 19.6 Å². The molecule has 4 fully saturated rings. The summed E-state index contributed by atoms with van der Waals surface area (Å²) in [6.45, 7) is 2.45. The topological polar surface area (TPSA) is 49.4 Å². The Morgan fingerprint density at radius 2 is 1.67 bits per heavy atom.